The summed E-state index contributed by atoms with van der Waals surface area (Å²) in [6, 6.07) is 5.72. The minimum absolute atomic E-state index is 0.0594. The Morgan fingerprint density at radius 2 is 1.94 bits per heavy atom. The highest BCUT2D eigenvalue weighted by Gasteiger charge is 2.28. The summed E-state index contributed by atoms with van der Waals surface area (Å²) in [7, 11) is 0. The van der Waals surface area contributed by atoms with Gasteiger partial charge in [0.1, 0.15) is 24.3 Å². The normalized spacial score (nSPS) is 17.9. The molecule has 3 rings (SSSR count). The lowest BCUT2D eigenvalue weighted by molar-refractivity contribution is -0.117. The lowest BCUT2D eigenvalue weighted by Gasteiger charge is -2.25. The highest BCUT2D eigenvalue weighted by molar-refractivity contribution is 6.03. The largest absolute Gasteiger partial charge is 0.468 e. The zero-order chi connectivity index (χ0) is 12.7. The SMILES string of the molecule is Cc1ccc(C2Nc3cocc3NC2=O)c(C)c1. The fraction of sp³-hybridized carbons (Fsp3) is 0.214. The zero-order valence-corrected chi connectivity index (χ0v) is 10.3. The minimum atomic E-state index is -0.365. The molecule has 2 N–H and O–H groups in total. The van der Waals surface area contributed by atoms with E-state index in [1.165, 1.54) is 11.8 Å². The summed E-state index contributed by atoms with van der Waals surface area (Å²) in [5.74, 6) is -0.0594. The van der Waals surface area contributed by atoms with Crippen LogP contribution in [0.15, 0.2) is 35.1 Å². The van der Waals surface area contributed by atoms with E-state index in [-0.39, 0.29) is 11.9 Å². The van der Waals surface area contributed by atoms with Crippen LogP contribution in [0.25, 0.3) is 0 Å². The molecule has 4 nitrogen and oxygen atoms in total. The predicted octanol–water partition coefficient (Wildman–Crippen LogP) is 3.00. The van der Waals surface area contributed by atoms with Gasteiger partial charge in [-0.25, -0.2) is 0 Å². The van der Waals surface area contributed by atoms with E-state index < -0.39 is 0 Å². The van der Waals surface area contributed by atoms with Gasteiger partial charge in [0.15, 0.2) is 0 Å². The Morgan fingerprint density at radius 1 is 1.17 bits per heavy atom. The van der Waals surface area contributed by atoms with E-state index in [2.05, 4.69) is 16.7 Å². The molecular formula is C14H14N2O2. The van der Waals surface area contributed by atoms with Crippen molar-refractivity contribution in [2.45, 2.75) is 19.9 Å². The first-order chi connectivity index (χ1) is 8.65. The van der Waals surface area contributed by atoms with Gasteiger partial charge in [-0.15, -0.1) is 0 Å². The van der Waals surface area contributed by atoms with Crippen molar-refractivity contribution in [2.24, 2.45) is 0 Å². The summed E-state index contributed by atoms with van der Waals surface area (Å²) in [4.78, 5) is 12.1. The van der Waals surface area contributed by atoms with Gasteiger partial charge in [0.2, 0.25) is 0 Å². The van der Waals surface area contributed by atoms with Crippen molar-refractivity contribution in [3.63, 3.8) is 0 Å². The van der Waals surface area contributed by atoms with Gasteiger partial charge >= 0.3 is 0 Å². The molecule has 1 aromatic carbocycles. The molecule has 0 fully saturated rings. The third-order valence-corrected chi connectivity index (χ3v) is 3.22. The Balaban J connectivity index is 2.00. The Hall–Kier alpha value is -2.23. The van der Waals surface area contributed by atoms with Crippen LogP contribution in [0.5, 0.6) is 0 Å². The number of hydrogen-bond donors (Lipinski definition) is 2. The molecule has 92 valence electrons. The highest BCUT2D eigenvalue weighted by atomic mass is 16.3. The topological polar surface area (TPSA) is 54.3 Å². The summed E-state index contributed by atoms with van der Waals surface area (Å²) in [6.45, 7) is 4.06. The van der Waals surface area contributed by atoms with Crippen LogP contribution < -0.4 is 10.6 Å². The first-order valence-corrected chi connectivity index (χ1v) is 5.86. The summed E-state index contributed by atoms with van der Waals surface area (Å²) in [6.07, 6.45) is 3.13. The number of aryl methyl sites for hydroxylation is 2. The first kappa shape index (κ1) is 10.9. The van der Waals surface area contributed by atoms with Crippen molar-refractivity contribution in [1.29, 1.82) is 0 Å². The molecule has 0 saturated heterocycles. The van der Waals surface area contributed by atoms with Crippen LogP contribution in [0.3, 0.4) is 0 Å². The van der Waals surface area contributed by atoms with E-state index in [4.69, 9.17) is 4.42 Å². The molecule has 1 aliphatic heterocycles. The Labute approximate surface area is 105 Å². The van der Waals surface area contributed by atoms with Crippen LogP contribution in [-0.2, 0) is 4.79 Å². The average Bonchev–Trinajstić information content (AvgIpc) is 2.75. The van der Waals surface area contributed by atoms with Gasteiger partial charge < -0.3 is 15.1 Å². The molecule has 0 spiro atoms. The maximum absolute atomic E-state index is 12.1. The number of rotatable bonds is 1. The van der Waals surface area contributed by atoms with Gasteiger partial charge in [-0.1, -0.05) is 23.8 Å². The summed E-state index contributed by atoms with van der Waals surface area (Å²) in [5, 5.41) is 6.03. The van der Waals surface area contributed by atoms with Crippen LogP contribution in [-0.4, -0.2) is 5.91 Å². The van der Waals surface area contributed by atoms with Crippen molar-refractivity contribution >= 4 is 17.3 Å². The number of anilines is 2. The van der Waals surface area contributed by atoms with E-state index >= 15 is 0 Å². The number of carbonyl (C=O) groups excluding carboxylic acids is 1. The summed E-state index contributed by atoms with van der Waals surface area (Å²) < 4.78 is 5.07. The lowest BCUT2D eigenvalue weighted by atomic mass is 9.97. The number of furan rings is 1. The number of fused-ring (bicyclic) bond motifs is 1. The van der Waals surface area contributed by atoms with Gasteiger partial charge in [0, 0.05) is 0 Å². The summed E-state index contributed by atoms with van der Waals surface area (Å²) >= 11 is 0. The number of nitrogens with one attached hydrogen (secondary N) is 2. The second kappa shape index (κ2) is 3.91. The molecule has 4 heteroatoms. The van der Waals surface area contributed by atoms with Crippen molar-refractivity contribution in [1.82, 2.24) is 0 Å². The standard InChI is InChI=1S/C14H14N2O2/c1-8-3-4-10(9(2)5-8)13-14(17)16-12-7-18-6-11(12)15-13/h3-7,13,15H,1-2H3,(H,16,17). The fourth-order valence-corrected chi connectivity index (χ4v) is 2.30. The van der Waals surface area contributed by atoms with Crippen LogP contribution in [0, 0.1) is 13.8 Å². The molecule has 0 saturated carbocycles. The van der Waals surface area contributed by atoms with Crippen molar-refractivity contribution in [3.05, 3.63) is 47.4 Å². The number of carbonyl (C=O) groups is 1. The Morgan fingerprint density at radius 3 is 2.72 bits per heavy atom. The molecule has 1 unspecified atom stereocenters. The molecule has 2 heterocycles. The van der Waals surface area contributed by atoms with Gasteiger partial charge in [-0.2, -0.15) is 0 Å². The van der Waals surface area contributed by atoms with Crippen LogP contribution in [0.2, 0.25) is 0 Å². The predicted molar refractivity (Wildman–Crippen MR) is 69.6 cm³/mol. The van der Waals surface area contributed by atoms with Crippen molar-refractivity contribution < 1.29 is 9.21 Å². The molecule has 18 heavy (non-hydrogen) atoms. The van der Waals surface area contributed by atoms with Crippen LogP contribution in [0.1, 0.15) is 22.7 Å². The highest BCUT2D eigenvalue weighted by Crippen LogP contribution is 2.34. The molecule has 2 aromatic rings. The third kappa shape index (κ3) is 1.66. The van der Waals surface area contributed by atoms with Crippen molar-refractivity contribution in [3.8, 4) is 0 Å². The number of hydrogen-bond acceptors (Lipinski definition) is 3. The molecule has 0 bridgehead atoms. The quantitative estimate of drug-likeness (QED) is 0.808. The molecule has 1 atom stereocenters. The maximum Gasteiger partial charge on any atom is 0.251 e. The smallest absolute Gasteiger partial charge is 0.251 e. The molecule has 0 radical (unpaired) electrons. The third-order valence-electron chi connectivity index (χ3n) is 3.22. The molecular weight excluding hydrogens is 228 g/mol. The van der Waals surface area contributed by atoms with Gasteiger partial charge in [-0.3, -0.25) is 4.79 Å². The molecule has 1 amide bonds. The van der Waals surface area contributed by atoms with Gasteiger partial charge in [0.05, 0.1) is 5.69 Å². The number of amides is 1. The number of benzene rings is 1. The lowest BCUT2D eigenvalue weighted by Crippen LogP contribution is -2.31. The minimum Gasteiger partial charge on any atom is -0.468 e. The molecule has 1 aliphatic rings. The average molecular weight is 242 g/mol. The molecule has 0 aliphatic carbocycles. The van der Waals surface area contributed by atoms with E-state index in [9.17, 15) is 4.79 Å². The van der Waals surface area contributed by atoms with E-state index in [0.717, 1.165) is 16.8 Å². The van der Waals surface area contributed by atoms with E-state index in [0.29, 0.717) is 5.69 Å². The first-order valence-electron chi connectivity index (χ1n) is 5.86. The van der Waals surface area contributed by atoms with Crippen LogP contribution >= 0.6 is 0 Å². The monoisotopic (exact) mass is 242 g/mol. The van der Waals surface area contributed by atoms with Crippen molar-refractivity contribution in [2.75, 3.05) is 10.6 Å². The second-order valence-corrected chi connectivity index (χ2v) is 4.63. The van der Waals surface area contributed by atoms with Gasteiger partial charge in [0.25, 0.3) is 5.91 Å². The summed E-state index contributed by atoms with van der Waals surface area (Å²) in [5.41, 5.74) is 4.80. The Bertz CT molecular complexity index is 616. The molecule has 1 aromatic heterocycles. The van der Waals surface area contributed by atoms with E-state index in [1.54, 1.807) is 6.26 Å². The zero-order valence-electron chi connectivity index (χ0n) is 10.3. The van der Waals surface area contributed by atoms with E-state index in [1.807, 2.05) is 26.0 Å². The fourth-order valence-electron chi connectivity index (χ4n) is 2.30. The Kier molecular flexibility index (Phi) is 2.37. The van der Waals surface area contributed by atoms with Gasteiger partial charge in [-0.05, 0) is 25.0 Å². The van der Waals surface area contributed by atoms with Crippen LogP contribution in [0.4, 0.5) is 11.4 Å². The maximum atomic E-state index is 12.1. The second-order valence-electron chi connectivity index (χ2n) is 4.63.